The first-order valence-corrected chi connectivity index (χ1v) is 10.9. The summed E-state index contributed by atoms with van der Waals surface area (Å²) in [7, 11) is -2.49. The maximum absolute atomic E-state index is 12.7. The standard InChI is InChI=1S/C23H22N2O5S/c1-15-4-13-21(16(2)14-15)25-31(28,29)20-11-9-19(10-12-20)24-22(26)17-5-7-18(8-6-17)23(27)30-3/h4-14,25H,1-3H3,(H,24,26). The first-order valence-electron chi connectivity index (χ1n) is 9.39. The number of aryl methyl sites for hydroxylation is 2. The zero-order chi connectivity index (χ0) is 22.6. The highest BCUT2D eigenvalue weighted by Crippen LogP contribution is 2.22. The van der Waals surface area contributed by atoms with Crippen molar-refractivity contribution in [2.75, 3.05) is 17.1 Å². The maximum atomic E-state index is 12.7. The van der Waals surface area contributed by atoms with E-state index in [1.807, 2.05) is 26.0 Å². The molecule has 0 atom stereocenters. The maximum Gasteiger partial charge on any atom is 0.337 e. The fraction of sp³-hybridized carbons (Fsp3) is 0.130. The summed E-state index contributed by atoms with van der Waals surface area (Å²) >= 11 is 0. The van der Waals surface area contributed by atoms with Crippen LogP contribution in [0.4, 0.5) is 11.4 Å². The number of sulfonamides is 1. The number of esters is 1. The topological polar surface area (TPSA) is 102 Å². The molecule has 0 unspecified atom stereocenters. The van der Waals surface area contributed by atoms with Crippen molar-refractivity contribution in [1.82, 2.24) is 0 Å². The fourth-order valence-electron chi connectivity index (χ4n) is 2.93. The number of hydrogen-bond acceptors (Lipinski definition) is 5. The summed E-state index contributed by atoms with van der Waals surface area (Å²) in [5, 5.41) is 2.69. The Kier molecular flexibility index (Phi) is 6.41. The predicted molar refractivity (Wildman–Crippen MR) is 119 cm³/mol. The molecule has 31 heavy (non-hydrogen) atoms. The van der Waals surface area contributed by atoms with Crippen molar-refractivity contribution in [3.05, 3.63) is 89.0 Å². The van der Waals surface area contributed by atoms with Crippen molar-refractivity contribution in [2.24, 2.45) is 0 Å². The van der Waals surface area contributed by atoms with Crippen LogP contribution in [0.1, 0.15) is 31.8 Å². The van der Waals surface area contributed by atoms with Gasteiger partial charge in [-0.05, 0) is 74.0 Å². The summed E-state index contributed by atoms with van der Waals surface area (Å²) in [6.45, 7) is 3.77. The molecule has 3 aromatic carbocycles. The zero-order valence-electron chi connectivity index (χ0n) is 17.3. The molecule has 0 aliphatic heterocycles. The molecule has 0 radical (unpaired) electrons. The van der Waals surface area contributed by atoms with Gasteiger partial charge in [-0.25, -0.2) is 13.2 Å². The fourth-order valence-corrected chi connectivity index (χ4v) is 4.06. The van der Waals surface area contributed by atoms with Crippen LogP contribution in [0.25, 0.3) is 0 Å². The van der Waals surface area contributed by atoms with Gasteiger partial charge in [-0.1, -0.05) is 17.7 Å². The van der Waals surface area contributed by atoms with E-state index in [1.54, 1.807) is 6.07 Å². The van der Waals surface area contributed by atoms with Gasteiger partial charge in [0.15, 0.2) is 0 Å². The van der Waals surface area contributed by atoms with E-state index in [0.29, 0.717) is 22.5 Å². The molecule has 7 nitrogen and oxygen atoms in total. The van der Waals surface area contributed by atoms with E-state index in [1.165, 1.54) is 55.6 Å². The summed E-state index contributed by atoms with van der Waals surface area (Å²) in [5.74, 6) is -0.876. The van der Waals surface area contributed by atoms with Crippen LogP contribution < -0.4 is 10.0 Å². The average Bonchev–Trinajstić information content (AvgIpc) is 2.75. The highest BCUT2D eigenvalue weighted by molar-refractivity contribution is 7.92. The molecule has 0 saturated carbocycles. The minimum atomic E-state index is -3.77. The van der Waals surface area contributed by atoms with Crippen LogP contribution in [0.3, 0.4) is 0 Å². The number of amides is 1. The van der Waals surface area contributed by atoms with Gasteiger partial charge in [-0.15, -0.1) is 0 Å². The van der Waals surface area contributed by atoms with Gasteiger partial charge in [-0.2, -0.15) is 0 Å². The number of methoxy groups -OCH3 is 1. The highest BCUT2D eigenvalue weighted by Gasteiger charge is 2.16. The number of ether oxygens (including phenoxy) is 1. The van der Waals surface area contributed by atoms with Crippen LogP contribution in [0.15, 0.2) is 71.6 Å². The molecule has 1 amide bonds. The molecule has 8 heteroatoms. The number of anilines is 2. The molecule has 3 rings (SSSR count). The second kappa shape index (κ2) is 9.01. The lowest BCUT2D eigenvalue weighted by Gasteiger charge is -2.12. The Balaban J connectivity index is 1.70. The number of hydrogen-bond donors (Lipinski definition) is 2. The first-order chi connectivity index (χ1) is 14.7. The monoisotopic (exact) mass is 438 g/mol. The molecule has 0 bridgehead atoms. The van der Waals surface area contributed by atoms with Gasteiger partial charge in [0, 0.05) is 11.3 Å². The normalized spacial score (nSPS) is 10.9. The second-order valence-electron chi connectivity index (χ2n) is 6.97. The summed E-state index contributed by atoms with van der Waals surface area (Å²) < 4.78 is 32.5. The van der Waals surface area contributed by atoms with E-state index < -0.39 is 16.0 Å². The van der Waals surface area contributed by atoms with Crippen LogP contribution in [0.2, 0.25) is 0 Å². The molecule has 0 fully saturated rings. The minimum Gasteiger partial charge on any atom is -0.465 e. The van der Waals surface area contributed by atoms with Gasteiger partial charge < -0.3 is 10.1 Å². The third-order valence-corrected chi connectivity index (χ3v) is 6.00. The van der Waals surface area contributed by atoms with Crippen LogP contribution in [0, 0.1) is 13.8 Å². The van der Waals surface area contributed by atoms with Crippen molar-refractivity contribution in [3.63, 3.8) is 0 Å². The largest absolute Gasteiger partial charge is 0.465 e. The Morgan fingerprint density at radius 1 is 0.839 bits per heavy atom. The highest BCUT2D eigenvalue weighted by atomic mass is 32.2. The summed E-state index contributed by atoms with van der Waals surface area (Å²) in [6.07, 6.45) is 0. The molecule has 160 valence electrons. The van der Waals surface area contributed by atoms with E-state index in [4.69, 9.17) is 0 Å². The predicted octanol–water partition coefficient (Wildman–Crippen LogP) is 4.14. The Bertz CT molecular complexity index is 1220. The summed E-state index contributed by atoms with van der Waals surface area (Å²) in [5.41, 5.74) is 3.50. The smallest absolute Gasteiger partial charge is 0.337 e. The lowest BCUT2D eigenvalue weighted by atomic mass is 10.1. The van der Waals surface area contributed by atoms with Crippen LogP contribution >= 0.6 is 0 Å². The van der Waals surface area contributed by atoms with Crippen molar-refractivity contribution in [1.29, 1.82) is 0 Å². The molecule has 0 saturated heterocycles. The van der Waals surface area contributed by atoms with Crippen molar-refractivity contribution < 1.29 is 22.7 Å². The third kappa shape index (κ3) is 5.29. The van der Waals surface area contributed by atoms with Gasteiger partial charge in [0.25, 0.3) is 15.9 Å². The van der Waals surface area contributed by atoms with E-state index >= 15 is 0 Å². The third-order valence-electron chi connectivity index (χ3n) is 4.62. The Morgan fingerprint density at radius 2 is 1.45 bits per heavy atom. The number of carbonyl (C=O) groups is 2. The molecule has 2 N–H and O–H groups in total. The Hall–Kier alpha value is -3.65. The van der Waals surface area contributed by atoms with Crippen LogP contribution in [-0.4, -0.2) is 27.4 Å². The molecule has 0 heterocycles. The van der Waals surface area contributed by atoms with Crippen molar-refractivity contribution in [2.45, 2.75) is 18.7 Å². The summed E-state index contributed by atoms with van der Waals surface area (Å²) in [4.78, 5) is 23.9. The van der Waals surface area contributed by atoms with Crippen LogP contribution in [0.5, 0.6) is 0 Å². The number of benzene rings is 3. The average molecular weight is 439 g/mol. The molecule has 0 aliphatic rings. The second-order valence-corrected chi connectivity index (χ2v) is 8.65. The van der Waals surface area contributed by atoms with Gasteiger partial charge in [0.1, 0.15) is 0 Å². The van der Waals surface area contributed by atoms with Gasteiger partial charge in [0.2, 0.25) is 0 Å². The van der Waals surface area contributed by atoms with Gasteiger partial charge in [0.05, 0.1) is 23.3 Å². The molecular formula is C23H22N2O5S. The Morgan fingerprint density at radius 3 is 2.03 bits per heavy atom. The van der Waals surface area contributed by atoms with Crippen LogP contribution in [-0.2, 0) is 14.8 Å². The minimum absolute atomic E-state index is 0.0768. The lowest BCUT2D eigenvalue weighted by Crippen LogP contribution is -2.15. The molecular weight excluding hydrogens is 416 g/mol. The first kappa shape index (κ1) is 22.0. The Labute approximate surface area is 181 Å². The van der Waals surface area contributed by atoms with E-state index in [0.717, 1.165) is 11.1 Å². The quantitative estimate of drug-likeness (QED) is 0.563. The molecule has 0 spiro atoms. The number of nitrogens with one attached hydrogen (secondary N) is 2. The lowest BCUT2D eigenvalue weighted by molar-refractivity contribution is 0.0600. The zero-order valence-corrected chi connectivity index (χ0v) is 18.1. The molecule has 0 aromatic heterocycles. The number of rotatable bonds is 6. The van der Waals surface area contributed by atoms with Crippen molar-refractivity contribution in [3.8, 4) is 0 Å². The van der Waals surface area contributed by atoms with E-state index in [9.17, 15) is 18.0 Å². The SMILES string of the molecule is COC(=O)c1ccc(C(=O)Nc2ccc(S(=O)(=O)Nc3ccc(C)cc3C)cc2)cc1. The van der Waals surface area contributed by atoms with E-state index in [2.05, 4.69) is 14.8 Å². The number of carbonyl (C=O) groups excluding carboxylic acids is 2. The van der Waals surface area contributed by atoms with Crippen molar-refractivity contribution >= 4 is 33.3 Å². The van der Waals surface area contributed by atoms with Gasteiger partial charge in [-0.3, -0.25) is 9.52 Å². The molecule has 0 aliphatic carbocycles. The van der Waals surface area contributed by atoms with Gasteiger partial charge >= 0.3 is 5.97 Å². The summed E-state index contributed by atoms with van der Waals surface area (Å²) in [6, 6.07) is 17.3. The van der Waals surface area contributed by atoms with E-state index in [-0.39, 0.29) is 10.8 Å². The molecule has 3 aromatic rings.